The monoisotopic (exact) mass is 463 g/mol. The van der Waals surface area contributed by atoms with Crippen LogP contribution < -0.4 is 10.7 Å². The van der Waals surface area contributed by atoms with Crippen molar-refractivity contribution >= 4 is 38.8 Å². The number of benzene rings is 2. The molecule has 0 radical (unpaired) electrons. The highest BCUT2D eigenvalue weighted by Gasteiger charge is 2.10. The Morgan fingerprint density at radius 1 is 1.09 bits per heavy atom. The maximum Gasteiger partial charge on any atom is 0.251 e. The summed E-state index contributed by atoms with van der Waals surface area (Å²) in [5.41, 5.74) is 5.65. The van der Waals surface area contributed by atoms with E-state index < -0.39 is 9.84 Å². The highest BCUT2D eigenvalue weighted by Crippen LogP contribution is 2.21. The van der Waals surface area contributed by atoms with Gasteiger partial charge >= 0.3 is 0 Å². The molecule has 1 amide bonds. The molecule has 168 valence electrons. The zero-order chi connectivity index (χ0) is 23.3. The van der Waals surface area contributed by atoms with Crippen molar-refractivity contribution in [3.63, 3.8) is 0 Å². The van der Waals surface area contributed by atoms with Gasteiger partial charge in [0, 0.05) is 18.4 Å². The second kappa shape index (κ2) is 9.57. The van der Waals surface area contributed by atoms with Gasteiger partial charge in [-0.25, -0.2) is 23.1 Å². The number of nitrogens with one attached hydrogen (secondary N) is 2. The standard InChI is InChI=1S/C22H21N7O3S/c1-33(31,32)12-11-23-22(30)17-9-7-16(8-10-17)13-26-28-20-19-14-27-29(21(19)25-15-24-20)18-5-3-2-4-6-18/h2-10,13-15H,11-12H2,1H3,(H,23,30)(H,24,25,28)/b26-13-. The first kappa shape index (κ1) is 22.1. The first-order valence-electron chi connectivity index (χ1n) is 10.00. The van der Waals surface area contributed by atoms with Crippen LogP contribution >= 0.6 is 0 Å². The van der Waals surface area contributed by atoms with Crippen molar-refractivity contribution in [2.45, 2.75) is 0 Å². The van der Waals surface area contributed by atoms with Crippen molar-refractivity contribution in [1.82, 2.24) is 25.1 Å². The number of hydrogen-bond donors (Lipinski definition) is 2. The van der Waals surface area contributed by atoms with Gasteiger partial charge in [0.15, 0.2) is 11.5 Å². The Kier molecular flexibility index (Phi) is 6.41. The number of anilines is 1. The lowest BCUT2D eigenvalue weighted by Crippen LogP contribution is -2.28. The number of hydrogen-bond acceptors (Lipinski definition) is 8. The Morgan fingerprint density at radius 2 is 1.85 bits per heavy atom. The maximum atomic E-state index is 12.1. The molecular weight excluding hydrogens is 442 g/mol. The first-order chi connectivity index (χ1) is 15.9. The molecule has 10 nitrogen and oxygen atoms in total. The van der Waals surface area contributed by atoms with E-state index in [4.69, 9.17) is 0 Å². The Morgan fingerprint density at radius 3 is 2.58 bits per heavy atom. The van der Waals surface area contributed by atoms with Crippen LogP contribution in [0.3, 0.4) is 0 Å². The number of carbonyl (C=O) groups is 1. The largest absolute Gasteiger partial charge is 0.351 e. The van der Waals surface area contributed by atoms with Crippen LogP contribution in [-0.2, 0) is 9.84 Å². The molecule has 0 fully saturated rings. The number of para-hydroxylation sites is 1. The normalized spacial score (nSPS) is 11.7. The smallest absolute Gasteiger partial charge is 0.251 e. The summed E-state index contributed by atoms with van der Waals surface area (Å²) >= 11 is 0. The summed E-state index contributed by atoms with van der Waals surface area (Å²) in [6, 6.07) is 16.4. The van der Waals surface area contributed by atoms with Crippen molar-refractivity contribution in [2.24, 2.45) is 5.10 Å². The zero-order valence-electron chi connectivity index (χ0n) is 17.7. The molecule has 0 spiro atoms. The number of amides is 1. The number of nitrogens with zero attached hydrogens (tertiary/aromatic N) is 5. The van der Waals surface area contributed by atoms with Crippen LogP contribution in [0, 0.1) is 0 Å². The van der Waals surface area contributed by atoms with Gasteiger partial charge in [-0.05, 0) is 29.8 Å². The van der Waals surface area contributed by atoms with Crippen LogP contribution in [0.25, 0.3) is 16.7 Å². The Bertz CT molecular complexity index is 1400. The molecule has 0 atom stereocenters. The van der Waals surface area contributed by atoms with E-state index in [9.17, 15) is 13.2 Å². The summed E-state index contributed by atoms with van der Waals surface area (Å²) in [7, 11) is -3.12. The molecule has 0 aliphatic heterocycles. The Labute approximate surface area is 190 Å². The van der Waals surface area contributed by atoms with E-state index >= 15 is 0 Å². The molecule has 2 aromatic heterocycles. The second-order valence-electron chi connectivity index (χ2n) is 7.23. The molecule has 0 aliphatic rings. The van der Waals surface area contributed by atoms with Crippen LogP contribution in [0.1, 0.15) is 15.9 Å². The molecule has 0 aliphatic carbocycles. The molecule has 11 heteroatoms. The minimum atomic E-state index is -3.12. The van der Waals surface area contributed by atoms with Crippen molar-refractivity contribution in [3.05, 3.63) is 78.2 Å². The van der Waals surface area contributed by atoms with Crippen LogP contribution in [0.4, 0.5) is 5.82 Å². The van der Waals surface area contributed by atoms with E-state index in [1.165, 1.54) is 6.33 Å². The topological polar surface area (TPSA) is 131 Å². The van der Waals surface area contributed by atoms with Gasteiger partial charge in [0.1, 0.15) is 16.2 Å². The zero-order valence-corrected chi connectivity index (χ0v) is 18.5. The average molecular weight is 464 g/mol. The van der Waals surface area contributed by atoms with Crippen LogP contribution in [0.15, 0.2) is 72.2 Å². The SMILES string of the molecule is CS(=O)(=O)CCNC(=O)c1ccc(/C=N\Nc2ncnc3c2cnn3-c2ccccc2)cc1. The van der Waals surface area contributed by atoms with Crippen molar-refractivity contribution in [3.8, 4) is 5.69 Å². The van der Waals surface area contributed by atoms with Gasteiger partial charge in [0.2, 0.25) is 0 Å². The fourth-order valence-electron chi connectivity index (χ4n) is 3.03. The molecule has 2 N–H and O–H groups in total. The van der Waals surface area contributed by atoms with Crippen LogP contribution in [0.5, 0.6) is 0 Å². The Hall–Kier alpha value is -4.12. The fourth-order valence-corrected chi connectivity index (χ4v) is 3.50. The van der Waals surface area contributed by atoms with Gasteiger partial charge in [0.25, 0.3) is 5.91 Å². The third-order valence-electron chi connectivity index (χ3n) is 4.68. The van der Waals surface area contributed by atoms with E-state index in [0.717, 1.165) is 22.9 Å². The van der Waals surface area contributed by atoms with Gasteiger partial charge in [-0.1, -0.05) is 30.3 Å². The minimum absolute atomic E-state index is 0.0685. The van der Waals surface area contributed by atoms with Crippen molar-refractivity contribution < 1.29 is 13.2 Å². The van der Waals surface area contributed by atoms with E-state index in [1.807, 2.05) is 30.3 Å². The number of rotatable bonds is 8. The van der Waals surface area contributed by atoms with Gasteiger partial charge < -0.3 is 5.32 Å². The predicted octanol–water partition coefficient (Wildman–Crippen LogP) is 2.04. The maximum absolute atomic E-state index is 12.1. The van der Waals surface area contributed by atoms with Crippen LogP contribution in [0.2, 0.25) is 0 Å². The molecule has 0 saturated heterocycles. The number of hydrazone groups is 1. The summed E-state index contributed by atoms with van der Waals surface area (Å²) < 4.78 is 24.0. The highest BCUT2D eigenvalue weighted by atomic mass is 32.2. The van der Waals surface area contributed by atoms with Crippen molar-refractivity contribution in [2.75, 3.05) is 24.0 Å². The molecular formula is C22H21N7O3S. The van der Waals surface area contributed by atoms with E-state index in [1.54, 1.807) is 41.4 Å². The summed E-state index contributed by atoms with van der Waals surface area (Å²) in [6.45, 7) is 0.0685. The van der Waals surface area contributed by atoms with E-state index in [-0.39, 0.29) is 18.2 Å². The number of carbonyl (C=O) groups excluding carboxylic acids is 1. The number of sulfone groups is 1. The fraction of sp³-hybridized carbons (Fsp3) is 0.136. The minimum Gasteiger partial charge on any atom is -0.351 e. The molecule has 0 saturated carbocycles. The lowest BCUT2D eigenvalue weighted by atomic mass is 10.1. The molecule has 2 aromatic carbocycles. The predicted molar refractivity (Wildman–Crippen MR) is 126 cm³/mol. The van der Waals surface area contributed by atoms with Gasteiger partial charge in [0.05, 0.1) is 29.2 Å². The molecule has 4 aromatic rings. The summed E-state index contributed by atoms with van der Waals surface area (Å²) in [6.07, 6.45) is 5.85. The van der Waals surface area contributed by atoms with Gasteiger partial charge in [-0.15, -0.1) is 0 Å². The summed E-state index contributed by atoms with van der Waals surface area (Å²) in [5, 5.41) is 11.9. The molecule has 0 unspecified atom stereocenters. The quantitative estimate of drug-likeness (QED) is 0.302. The number of fused-ring (bicyclic) bond motifs is 1. The summed E-state index contributed by atoms with van der Waals surface area (Å²) in [4.78, 5) is 20.7. The molecule has 33 heavy (non-hydrogen) atoms. The average Bonchev–Trinajstić information content (AvgIpc) is 3.24. The number of aromatic nitrogens is 4. The second-order valence-corrected chi connectivity index (χ2v) is 9.49. The third-order valence-corrected chi connectivity index (χ3v) is 5.63. The van der Waals surface area contributed by atoms with Gasteiger partial charge in [-0.3, -0.25) is 10.2 Å². The van der Waals surface area contributed by atoms with Gasteiger partial charge in [-0.2, -0.15) is 10.2 Å². The van der Waals surface area contributed by atoms with E-state index in [2.05, 4.69) is 30.9 Å². The third kappa shape index (κ3) is 5.57. The Balaban J connectivity index is 1.41. The van der Waals surface area contributed by atoms with E-state index in [0.29, 0.717) is 17.0 Å². The lowest BCUT2D eigenvalue weighted by Gasteiger charge is -2.05. The van der Waals surface area contributed by atoms with Crippen LogP contribution in [-0.4, -0.2) is 58.8 Å². The molecule has 4 rings (SSSR count). The molecule has 2 heterocycles. The highest BCUT2D eigenvalue weighted by molar-refractivity contribution is 7.90. The summed E-state index contributed by atoms with van der Waals surface area (Å²) in [5.74, 6) is 0.0785. The van der Waals surface area contributed by atoms with Crippen molar-refractivity contribution in [1.29, 1.82) is 0 Å². The lowest BCUT2D eigenvalue weighted by molar-refractivity contribution is 0.0956. The first-order valence-corrected chi connectivity index (χ1v) is 12.1. The molecule has 0 bridgehead atoms.